The zero-order chi connectivity index (χ0) is 13.4. The molecule has 1 saturated heterocycles. The summed E-state index contributed by atoms with van der Waals surface area (Å²) in [6, 6.07) is 5.49. The highest BCUT2D eigenvalue weighted by Crippen LogP contribution is 2.36. The molecular weight excluding hydrogens is 250 g/mol. The number of carboxylic acid groups (broad SMARTS) is 1. The summed E-state index contributed by atoms with van der Waals surface area (Å²) in [4.78, 5) is 24.2. The molecule has 0 aliphatic carbocycles. The van der Waals surface area contributed by atoms with Crippen molar-refractivity contribution in [2.24, 2.45) is 5.92 Å². The van der Waals surface area contributed by atoms with Crippen LogP contribution in [0.4, 0.5) is 0 Å². The Kier molecular flexibility index (Phi) is 2.77. The van der Waals surface area contributed by atoms with Gasteiger partial charge in [-0.15, -0.1) is 0 Å². The molecule has 0 spiro atoms. The standard InChI is InChI=1S/C13H13NO5/c15-11-4-9(13(16)17)6-14(11)5-8-2-1-3-10-12(8)19-7-18-10/h1-3,9H,4-7H2,(H,16,17). The maximum atomic E-state index is 11.8. The zero-order valence-electron chi connectivity index (χ0n) is 10.2. The van der Waals surface area contributed by atoms with Gasteiger partial charge in [-0.25, -0.2) is 0 Å². The SMILES string of the molecule is O=C(O)C1CC(=O)N(Cc2cccc3c2OCO3)C1. The molecule has 2 aliphatic rings. The number of hydrogen-bond acceptors (Lipinski definition) is 4. The van der Waals surface area contributed by atoms with Crippen LogP contribution in [0.3, 0.4) is 0 Å². The van der Waals surface area contributed by atoms with Crippen LogP contribution in [-0.2, 0) is 16.1 Å². The Hall–Kier alpha value is -2.24. The van der Waals surface area contributed by atoms with Crippen molar-refractivity contribution in [3.05, 3.63) is 23.8 Å². The van der Waals surface area contributed by atoms with Crippen LogP contribution < -0.4 is 9.47 Å². The third kappa shape index (κ3) is 2.09. The van der Waals surface area contributed by atoms with E-state index in [0.29, 0.717) is 18.0 Å². The number of para-hydroxylation sites is 1. The number of likely N-dealkylation sites (tertiary alicyclic amines) is 1. The van der Waals surface area contributed by atoms with E-state index in [1.807, 2.05) is 12.1 Å². The number of amides is 1. The predicted octanol–water partition coefficient (Wildman–Crippen LogP) is 0.848. The van der Waals surface area contributed by atoms with Crippen molar-refractivity contribution in [3.63, 3.8) is 0 Å². The highest BCUT2D eigenvalue weighted by Gasteiger charge is 2.34. The van der Waals surface area contributed by atoms with Crippen LogP contribution in [0.2, 0.25) is 0 Å². The largest absolute Gasteiger partial charge is 0.481 e. The minimum atomic E-state index is -0.922. The van der Waals surface area contributed by atoms with Gasteiger partial charge in [0.05, 0.1) is 5.92 Å². The molecule has 1 atom stereocenters. The molecule has 19 heavy (non-hydrogen) atoms. The van der Waals surface area contributed by atoms with Crippen LogP contribution in [0.5, 0.6) is 11.5 Å². The van der Waals surface area contributed by atoms with Crippen LogP contribution in [0.15, 0.2) is 18.2 Å². The van der Waals surface area contributed by atoms with E-state index in [4.69, 9.17) is 14.6 Å². The average Bonchev–Trinajstić information content (AvgIpc) is 2.97. The van der Waals surface area contributed by atoms with Crippen LogP contribution in [0, 0.1) is 5.92 Å². The van der Waals surface area contributed by atoms with Gasteiger partial charge in [0.15, 0.2) is 11.5 Å². The van der Waals surface area contributed by atoms with Crippen LogP contribution in [0.1, 0.15) is 12.0 Å². The number of carboxylic acids is 1. The number of nitrogens with zero attached hydrogens (tertiary/aromatic N) is 1. The summed E-state index contributed by atoms with van der Waals surface area (Å²) in [6.45, 7) is 0.784. The van der Waals surface area contributed by atoms with E-state index in [0.717, 1.165) is 5.56 Å². The first-order chi connectivity index (χ1) is 9.15. The van der Waals surface area contributed by atoms with E-state index in [2.05, 4.69) is 0 Å². The molecule has 0 bridgehead atoms. The fourth-order valence-electron chi connectivity index (χ4n) is 2.41. The third-order valence-corrected chi connectivity index (χ3v) is 3.40. The molecule has 6 nitrogen and oxygen atoms in total. The first kappa shape index (κ1) is 11.8. The summed E-state index contributed by atoms with van der Waals surface area (Å²) in [6.07, 6.45) is 0.0711. The second-order valence-electron chi connectivity index (χ2n) is 4.66. The minimum Gasteiger partial charge on any atom is -0.481 e. The predicted molar refractivity (Wildman–Crippen MR) is 63.7 cm³/mol. The molecule has 3 rings (SSSR count). The summed E-state index contributed by atoms with van der Waals surface area (Å²) < 4.78 is 10.6. The maximum Gasteiger partial charge on any atom is 0.308 e. The number of ether oxygens (including phenoxy) is 2. The lowest BCUT2D eigenvalue weighted by Gasteiger charge is -2.17. The maximum absolute atomic E-state index is 11.8. The second-order valence-corrected chi connectivity index (χ2v) is 4.66. The van der Waals surface area contributed by atoms with Crippen LogP contribution in [-0.4, -0.2) is 35.2 Å². The first-order valence-electron chi connectivity index (χ1n) is 6.03. The Labute approximate surface area is 109 Å². The fraction of sp³-hybridized carbons (Fsp3) is 0.385. The first-order valence-corrected chi connectivity index (χ1v) is 6.03. The number of benzene rings is 1. The van der Waals surface area contributed by atoms with Gasteiger partial charge in [-0.3, -0.25) is 9.59 Å². The Balaban J connectivity index is 1.78. The van der Waals surface area contributed by atoms with Crippen molar-refractivity contribution >= 4 is 11.9 Å². The number of rotatable bonds is 3. The second kappa shape index (κ2) is 4.46. The van der Waals surface area contributed by atoms with Gasteiger partial charge in [0, 0.05) is 25.1 Å². The van der Waals surface area contributed by atoms with Crippen molar-refractivity contribution in [3.8, 4) is 11.5 Å². The number of carbonyl (C=O) groups is 2. The van der Waals surface area contributed by atoms with E-state index >= 15 is 0 Å². The Morgan fingerprint density at radius 1 is 1.42 bits per heavy atom. The van der Waals surface area contributed by atoms with E-state index in [1.165, 1.54) is 0 Å². The van der Waals surface area contributed by atoms with Crippen LogP contribution in [0.25, 0.3) is 0 Å². The molecule has 1 amide bonds. The Morgan fingerprint density at radius 3 is 3.00 bits per heavy atom. The molecule has 100 valence electrons. The highest BCUT2D eigenvalue weighted by molar-refractivity contribution is 5.86. The quantitative estimate of drug-likeness (QED) is 0.874. The summed E-state index contributed by atoms with van der Waals surface area (Å²) in [5, 5.41) is 8.95. The molecule has 1 aromatic rings. The highest BCUT2D eigenvalue weighted by atomic mass is 16.7. The van der Waals surface area contributed by atoms with Crippen molar-refractivity contribution < 1.29 is 24.2 Å². The third-order valence-electron chi connectivity index (χ3n) is 3.40. The van der Waals surface area contributed by atoms with Crippen molar-refractivity contribution in [2.75, 3.05) is 13.3 Å². The van der Waals surface area contributed by atoms with E-state index in [1.54, 1.807) is 11.0 Å². The van der Waals surface area contributed by atoms with E-state index in [-0.39, 0.29) is 25.7 Å². The average molecular weight is 263 g/mol. The molecular formula is C13H13NO5. The van der Waals surface area contributed by atoms with Gasteiger partial charge in [0.25, 0.3) is 0 Å². The number of fused-ring (bicyclic) bond motifs is 1. The van der Waals surface area contributed by atoms with Gasteiger partial charge in [-0.2, -0.15) is 0 Å². The Bertz CT molecular complexity index is 542. The van der Waals surface area contributed by atoms with Crippen molar-refractivity contribution in [1.29, 1.82) is 0 Å². The molecule has 1 aromatic carbocycles. The van der Waals surface area contributed by atoms with Gasteiger partial charge < -0.3 is 19.5 Å². The summed E-state index contributed by atoms with van der Waals surface area (Å²) in [5.74, 6) is -0.355. The van der Waals surface area contributed by atoms with Crippen molar-refractivity contribution in [2.45, 2.75) is 13.0 Å². The minimum absolute atomic E-state index is 0.0711. The lowest BCUT2D eigenvalue weighted by molar-refractivity contribution is -0.141. The number of carbonyl (C=O) groups excluding carboxylic acids is 1. The van der Waals surface area contributed by atoms with Gasteiger partial charge in [-0.1, -0.05) is 12.1 Å². The molecule has 0 aromatic heterocycles. The number of aliphatic carboxylic acids is 1. The molecule has 1 N–H and O–H groups in total. The summed E-state index contributed by atoms with van der Waals surface area (Å²) in [7, 11) is 0. The monoisotopic (exact) mass is 263 g/mol. The normalized spacial score (nSPS) is 20.9. The Morgan fingerprint density at radius 2 is 2.26 bits per heavy atom. The lowest BCUT2D eigenvalue weighted by Crippen LogP contribution is -2.25. The summed E-state index contributed by atoms with van der Waals surface area (Å²) >= 11 is 0. The molecule has 2 heterocycles. The fourth-order valence-corrected chi connectivity index (χ4v) is 2.41. The molecule has 0 saturated carbocycles. The van der Waals surface area contributed by atoms with Gasteiger partial charge in [0.2, 0.25) is 12.7 Å². The number of hydrogen-bond donors (Lipinski definition) is 1. The van der Waals surface area contributed by atoms with Crippen molar-refractivity contribution in [1.82, 2.24) is 4.90 Å². The smallest absolute Gasteiger partial charge is 0.308 e. The van der Waals surface area contributed by atoms with E-state index < -0.39 is 11.9 Å². The van der Waals surface area contributed by atoms with Gasteiger partial charge in [-0.05, 0) is 6.07 Å². The zero-order valence-corrected chi connectivity index (χ0v) is 10.2. The summed E-state index contributed by atoms with van der Waals surface area (Å²) in [5.41, 5.74) is 0.842. The molecule has 1 unspecified atom stereocenters. The van der Waals surface area contributed by atoms with E-state index in [9.17, 15) is 9.59 Å². The topological polar surface area (TPSA) is 76.1 Å². The van der Waals surface area contributed by atoms with Gasteiger partial charge in [0.1, 0.15) is 0 Å². The molecule has 6 heteroatoms. The van der Waals surface area contributed by atoms with Gasteiger partial charge >= 0.3 is 5.97 Å². The molecule has 0 radical (unpaired) electrons. The lowest BCUT2D eigenvalue weighted by atomic mass is 10.1. The molecule has 2 aliphatic heterocycles. The van der Waals surface area contributed by atoms with Crippen LogP contribution >= 0.6 is 0 Å². The molecule has 1 fully saturated rings.